The highest BCUT2D eigenvalue weighted by molar-refractivity contribution is 5.96. The summed E-state index contributed by atoms with van der Waals surface area (Å²) in [6, 6.07) is 5.20. The maximum atomic E-state index is 12.1. The van der Waals surface area contributed by atoms with E-state index < -0.39 is 0 Å². The van der Waals surface area contributed by atoms with Gasteiger partial charge in [0, 0.05) is 26.1 Å². The molecule has 2 amide bonds. The van der Waals surface area contributed by atoms with Gasteiger partial charge in [0.25, 0.3) is 0 Å². The van der Waals surface area contributed by atoms with E-state index in [0.717, 1.165) is 0 Å². The largest absolute Gasteiger partial charge is 0.497 e. The highest BCUT2D eigenvalue weighted by Gasteiger charge is 2.34. The summed E-state index contributed by atoms with van der Waals surface area (Å²) in [7, 11) is 3.10. The molecule has 0 atom stereocenters. The molecule has 0 saturated carbocycles. The van der Waals surface area contributed by atoms with Gasteiger partial charge in [0.1, 0.15) is 11.5 Å². The van der Waals surface area contributed by atoms with Gasteiger partial charge in [0.05, 0.1) is 25.8 Å². The zero-order valence-corrected chi connectivity index (χ0v) is 11.8. The van der Waals surface area contributed by atoms with Gasteiger partial charge >= 0.3 is 0 Å². The Labute approximate surface area is 117 Å². The van der Waals surface area contributed by atoms with E-state index in [-0.39, 0.29) is 17.7 Å². The minimum Gasteiger partial charge on any atom is -0.497 e. The maximum Gasteiger partial charge on any atom is 0.231 e. The molecule has 0 radical (unpaired) electrons. The lowest BCUT2D eigenvalue weighted by atomic mass is 9.99. The molecule has 6 heteroatoms. The van der Waals surface area contributed by atoms with Crippen LogP contribution in [0.2, 0.25) is 0 Å². The number of anilines is 1. The van der Waals surface area contributed by atoms with E-state index in [1.54, 1.807) is 30.2 Å². The van der Waals surface area contributed by atoms with Crippen LogP contribution in [0.15, 0.2) is 18.2 Å². The third kappa shape index (κ3) is 2.84. The van der Waals surface area contributed by atoms with E-state index in [2.05, 4.69) is 5.32 Å². The number of benzene rings is 1. The number of rotatable bonds is 4. The summed E-state index contributed by atoms with van der Waals surface area (Å²) in [6.45, 7) is 2.43. The van der Waals surface area contributed by atoms with Gasteiger partial charge in [0.15, 0.2) is 0 Å². The standard InChI is InChI=1S/C14H18N2O4/c1-9(17)16-7-10(8-16)14(18)15-12-6-11(19-2)4-5-13(12)20-3/h4-6,10H,7-8H2,1-3H3,(H,15,18). The predicted octanol–water partition coefficient (Wildman–Crippen LogP) is 1.12. The van der Waals surface area contributed by atoms with Crippen LogP contribution in [0.3, 0.4) is 0 Å². The summed E-state index contributed by atoms with van der Waals surface area (Å²) in [6.07, 6.45) is 0. The molecule has 1 fully saturated rings. The van der Waals surface area contributed by atoms with Gasteiger partial charge in [0.2, 0.25) is 11.8 Å². The molecule has 0 bridgehead atoms. The minimum absolute atomic E-state index is 0.00647. The van der Waals surface area contributed by atoms with Gasteiger partial charge in [-0.3, -0.25) is 9.59 Å². The molecule has 2 rings (SSSR count). The lowest BCUT2D eigenvalue weighted by Gasteiger charge is -2.37. The Morgan fingerprint density at radius 3 is 2.50 bits per heavy atom. The molecule has 1 aliphatic heterocycles. The molecule has 0 aliphatic carbocycles. The first-order valence-electron chi connectivity index (χ1n) is 6.33. The number of ether oxygens (including phenoxy) is 2. The molecule has 1 aromatic carbocycles. The number of hydrogen-bond donors (Lipinski definition) is 1. The second-order valence-corrected chi connectivity index (χ2v) is 4.68. The number of carbonyl (C=O) groups is 2. The number of nitrogens with zero attached hydrogens (tertiary/aromatic N) is 1. The normalized spacial score (nSPS) is 14.4. The second kappa shape index (κ2) is 5.81. The molecule has 108 valence electrons. The van der Waals surface area contributed by atoms with E-state index in [1.807, 2.05) is 0 Å². The molecule has 1 aromatic rings. The summed E-state index contributed by atoms with van der Waals surface area (Å²) >= 11 is 0. The summed E-state index contributed by atoms with van der Waals surface area (Å²) in [5.74, 6) is 0.916. The highest BCUT2D eigenvalue weighted by Crippen LogP contribution is 2.30. The van der Waals surface area contributed by atoms with E-state index in [4.69, 9.17) is 9.47 Å². The van der Waals surface area contributed by atoms with Gasteiger partial charge in [-0.05, 0) is 12.1 Å². The Bertz CT molecular complexity index is 524. The zero-order valence-electron chi connectivity index (χ0n) is 11.8. The van der Waals surface area contributed by atoms with Crippen molar-refractivity contribution in [3.05, 3.63) is 18.2 Å². The smallest absolute Gasteiger partial charge is 0.231 e. The lowest BCUT2D eigenvalue weighted by molar-refractivity contribution is -0.139. The van der Waals surface area contributed by atoms with Crippen molar-refractivity contribution in [1.29, 1.82) is 0 Å². The highest BCUT2D eigenvalue weighted by atomic mass is 16.5. The van der Waals surface area contributed by atoms with Gasteiger partial charge in [-0.1, -0.05) is 0 Å². The van der Waals surface area contributed by atoms with Crippen molar-refractivity contribution in [3.63, 3.8) is 0 Å². The quantitative estimate of drug-likeness (QED) is 0.896. The molecule has 1 aliphatic rings. The Morgan fingerprint density at radius 1 is 1.25 bits per heavy atom. The lowest BCUT2D eigenvalue weighted by Crippen LogP contribution is -2.53. The molecule has 6 nitrogen and oxygen atoms in total. The van der Waals surface area contributed by atoms with Gasteiger partial charge in [-0.15, -0.1) is 0 Å². The Balaban J connectivity index is 2.03. The molecule has 1 N–H and O–H groups in total. The first kappa shape index (κ1) is 14.2. The summed E-state index contributed by atoms with van der Waals surface area (Å²) in [5, 5.41) is 2.82. The molecule has 1 heterocycles. The molecular weight excluding hydrogens is 260 g/mol. The Kier molecular flexibility index (Phi) is 4.12. The Hall–Kier alpha value is -2.24. The van der Waals surface area contributed by atoms with Crippen molar-refractivity contribution >= 4 is 17.5 Å². The van der Waals surface area contributed by atoms with Crippen molar-refractivity contribution in [2.75, 3.05) is 32.6 Å². The third-order valence-electron chi connectivity index (χ3n) is 3.36. The molecule has 1 saturated heterocycles. The predicted molar refractivity (Wildman–Crippen MR) is 73.9 cm³/mol. The van der Waals surface area contributed by atoms with Crippen LogP contribution in [0.5, 0.6) is 11.5 Å². The van der Waals surface area contributed by atoms with Crippen molar-refractivity contribution in [1.82, 2.24) is 4.90 Å². The minimum atomic E-state index is -0.171. The van der Waals surface area contributed by atoms with E-state index in [0.29, 0.717) is 30.3 Å². The number of methoxy groups -OCH3 is 2. The van der Waals surface area contributed by atoms with Crippen LogP contribution < -0.4 is 14.8 Å². The van der Waals surface area contributed by atoms with E-state index >= 15 is 0 Å². The molecule has 0 unspecified atom stereocenters. The van der Waals surface area contributed by atoms with Crippen LogP contribution in [-0.4, -0.2) is 44.0 Å². The summed E-state index contributed by atoms with van der Waals surface area (Å²) in [4.78, 5) is 24.8. The van der Waals surface area contributed by atoms with Crippen LogP contribution in [0.25, 0.3) is 0 Å². The fraction of sp³-hybridized carbons (Fsp3) is 0.429. The van der Waals surface area contributed by atoms with Gasteiger partial charge < -0.3 is 19.7 Å². The molecule has 20 heavy (non-hydrogen) atoms. The number of likely N-dealkylation sites (tertiary alicyclic amines) is 1. The fourth-order valence-corrected chi connectivity index (χ4v) is 2.05. The first-order chi connectivity index (χ1) is 9.55. The number of nitrogens with one attached hydrogen (secondary N) is 1. The maximum absolute atomic E-state index is 12.1. The molecule has 0 spiro atoms. The first-order valence-corrected chi connectivity index (χ1v) is 6.33. The van der Waals surface area contributed by atoms with Crippen molar-refractivity contribution in [3.8, 4) is 11.5 Å². The number of amides is 2. The van der Waals surface area contributed by atoms with Gasteiger partial charge in [-0.25, -0.2) is 0 Å². The average Bonchev–Trinajstić information content (AvgIpc) is 2.36. The summed E-state index contributed by atoms with van der Waals surface area (Å²) < 4.78 is 10.3. The number of hydrogen-bond acceptors (Lipinski definition) is 4. The average molecular weight is 278 g/mol. The van der Waals surface area contributed by atoms with Crippen LogP contribution in [0.4, 0.5) is 5.69 Å². The van der Waals surface area contributed by atoms with Crippen LogP contribution in [0, 0.1) is 5.92 Å². The van der Waals surface area contributed by atoms with Crippen molar-refractivity contribution < 1.29 is 19.1 Å². The van der Waals surface area contributed by atoms with Crippen LogP contribution in [-0.2, 0) is 9.59 Å². The topological polar surface area (TPSA) is 67.9 Å². The van der Waals surface area contributed by atoms with Gasteiger partial charge in [-0.2, -0.15) is 0 Å². The summed E-state index contributed by atoms with van der Waals surface area (Å²) in [5.41, 5.74) is 0.568. The van der Waals surface area contributed by atoms with Crippen molar-refractivity contribution in [2.45, 2.75) is 6.92 Å². The third-order valence-corrected chi connectivity index (χ3v) is 3.36. The monoisotopic (exact) mass is 278 g/mol. The fourth-order valence-electron chi connectivity index (χ4n) is 2.05. The SMILES string of the molecule is COc1ccc(OC)c(NC(=O)C2CN(C(C)=O)C2)c1. The van der Waals surface area contributed by atoms with Crippen LogP contribution >= 0.6 is 0 Å². The second-order valence-electron chi connectivity index (χ2n) is 4.68. The van der Waals surface area contributed by atoms with Crippen molar-refractivity contribution in [2.24, 2.45) is 5.92 Å². The van der Waals surface area contributed by atoms with E-state index in [1.165, 1.54) is 14.0 Å². The van der Waals surface area contributed by atoms with E-state index in [9.17, 15) is 9.59 Å². The molecule has 0 aromatic heterocycles. The number of carbonyl (C=O) groups excluding carboxylic acids is 2. The molecular formula is C14H18N2O4. The Morgan fingerprint density at radius 2 is 1.95 bits per heavy atom. The van der Waals surface area contributed by atoms with Crippen LogP contribution in [0.1, 0.15) is 6.92 Å². The zero-order chi connectivity index (χ0) is 14.7.